The van der Waals surface area contributed by atoms with Crippen LogP contribution in [0.25, 0.3) is 10.8 Å². The third-order valence-electron chi connectivity index (χ3n) is 10.3. The van der Waals surface area contributed by atoms with Crippen LogP contribution in [-0.4, -0.2) is 89.6 Å². The van der Waals surface area contributed by atoms with Crippen LogP contribution in [0.1, 0.15) is 58.8 Å². The summed E-state index contributed by atoms with van der Waals surface area (Å²) in [5, 5.41) is 13.7. The summed E-state index contributed by atoms with van der Waals surface area (Å²) >= 11 is 0. The van der Waals surface area contributed by atoms with E-state index in [-0.39, 0.29) is 44.0 Å². The van der Waals surface area contributed by atoms with E-state index in [0.29, 0.717) is 30.4 Å². The molecular weight excluding hydrogens is 673 g/mol. The zero-order valence-corrected chi connectivity index (χ0v) is 28.9. The summed E-state index contributed by atoms with van der Waals surface area (Å²) in [7, 11) is -3.11. The van der Waals surface area contributed by atoms with E-state index in [1.807, 2.05) is 23.8 Å². The number of aromatic nitrogens is 1. The summed E-state index contributed by atoms with van der Waals surface area (Å²) in [6.45, 7) is 3.67. The van der Waals surface area contributed by atoms with Crippen molar-refractivity contribution in [2.75, 3.05) is 13.7 Å². The average molecular weight is 716 g/mol. The van der Waals surface area contributed by atoms with E-state index in [1.54, 1.807) is 44.5 Å². The number of sulfonamides is 1. The van der Waals surface area contributed by atoms with Gasteiger partial charge in [0, 0.05) is 36.8 Å². The second-order valence-corrected chi connectivity index (χ2v) is 16.0. The maximum absolute atomic E-state index is 14.7. The zero-order valence-electron chi connectivity index (χ0n) is 28.1. The van der Waals surface area contributed by atoms with Gasteiger partial charge in [0.05, 0.1) is 13.7 Å². The number of alkyl halides is 1. The Morgan fingerprint density at radius 2 is 1.92 bits per heavy atom. The van der Waals surface area contributed by atoms with E-state index in [9.17, 15) is 37.1 Å². The molecule has 50 heavy (non-hydrogen) atoms. The highest BCUT2D eigenvalue weighted by atomic mass is 32.2. The van der Waals surface area contributed by atoms with E-state index in [1.165, 1.54) is 4.90 Å². The number of nitrogens with zero attached hydrogens (tertiary/aromatic N) is 2. The van der Waals surface area contributed by atoms with Crippen molar-refractivity contribution in [3.05, 3.63) is 42.6 Å². The van der Waals surface area contributed by atoms with Crippen molar-refractivity contribution >= 4 is 44.6 Å². The number of amides is 4. The van der Waals surface area contributed by atoms with Crippen LogP contribution in [0.2, 0.25) is 0 Å². The first-order valence-electron chi connectivity index (χ1n) is 16.8. The molecule has 16 heteroatoms. The zero-order chi connectivity index (χ0) is 36.0. The predicted molar refractivity (Wildman–Crippen MR) is 178 cm³/mol. The predicted octanol–water partition coefficient (Wildman–Crippen LogP) is 3.02. The van der Waals surface area contributed by atoms with Gasteiger partial charge < -0.3 is 30.1 Å². The van der Waals surface area contributed by atoms with Gasteiger partial charge in [-0.25, -0.2) is 27.3 Å². The van der Waals surface area contributed by atoms with Gasteiger partial charge in [0.25, 0.3) is 15.9 Å². The first-order valence-corrected chi connectivity index (χ1v) is 18.3. The Hall–Kier alpha value is -4.47. The first kappa shape index (κ1) is 35.4. The number of halogens is 1. The highest BCUT2D eigenvalue weighted by Gasteiger charge is 2.64. The number of pyridine rings is 1. The SMILES string of the molecule is COc1ccc2c(O[C@@H]3C[C@H]4C(=O)N[C@]5(C(=O)NS(=O)(=O)C6(F)CC6)C[C@H]5/C=C\CC[C@@H](C)C[C@@H](C)[C@H](NC(=O)O)C(=O)N4C3)nccc2c1. The van der Waals surface area contributed by atoms with Crippen molar-refractivity contribution in [2.24, 2.45) is 17.8 Å². The van der Waals surface area contributed by atoms with Crippen molar-refractivity contribution in [1.29, 1.82) is 0 Å². The number of carboxylic acid groups (broad SMARTS) is 1. The molecule has 270 valence electrons. The molecule has 7 atom stereocenters. The average Bonchev–Trinajstić information content (AvgIpc) is 3.95. The van der Waals surface area contributed by atoms with E-state index in [0.717, 1.165) is 5.39 Å². The van der Waals surface area contributed by atoms with Gasteiger partial charge in [-0.05, 0) is 67.2 Å². The maximum Gasteiger partial charge on any atom is 0.405 e. The molecule has 14 nitrogen and oxygen atoms in total. The minimum atomic E-state index is -4.66. The summed E-state index contributed by atoms with van der Waals surface area (Å²) in [5.74, 6) is -2.50. The fourth-order valence-electron chi connectivity index (χ4n) is 7.13. The van der Waals surface area contributed by atoms with E-state index in [2.05, 4.69) is 15.6 Å². The normalized spacial score (nSPS) is 31.6. The van der Waals surface area contributed by atoms with Crippen LogP contribution in [0.5, 0.6) is 11.6 Å². The lowest BCUT2D eigenvalue weighted by molar-refractivity contribution is -0.142. The van der Waals surface area contributed by atoms with Gasteiger partial charge in [0.2, 0.25) is 22.7 Å². The molecule has 4 N–H and O–H groups in total. The van der Waals surface area contributed by atoms with Crippen LogP contribution < -0.4 is 24.8 Å². The second-order valence-electron chi connectivity index (χ2n) is 14.0. The molecule has 1 saturated heterocycles. The van der Waals surface area contributed by atoms with Crippen molar-refractivity contribution < 1.29 is 46.6 Å². The molecule has 2 aliphatic carbocycles. The highest BCUT2D eigenvalue weighted by molar-refractivity contribution is 7.91. The number of hydrogen-bond donors (Lipinski definition) is 4. The molecule has 0 bridgehead atoms. The van der Waals surface area contributed by atoms with Crippen molar-refractivity contribution in [2.45, 2.75) is 87.5 Å². The Balaban J connectivity index is 1.33. The lowest BCUT2D eigenvalue weighted by atomic mass is 9.88. The molecule has 0 spiro atoms. The highest BCUT2D eigenvalue weighted by Crippen LogP contribution is 2.48. The second kappa shape index (κ2) is 13.3. The number of nitrogens with one attached hydrogen (secondary N) is 3. The Morgan fingerprint density at radius 3 is 2.62 bits per heavy atom. The molecule has 2 aromatic rings. The molecule has 6 rings (SSSR count). The summed E-state index contributed by atoms with van der Waals surface area (Å²) < 4.78 is 53.5. The molecule has 4 aliphatic rings. The van der Waals surface area contributed by atoms with E-state index in [4.69, 9.17) is 9.47 Å². The number of fused-ring (bicyclic) bond motifs is 3. The summed E-state index contributed by atoms with van der Waals surface area (Å²) in [6.07, 6.45) is 4.35. The molecular formula is C34H42FN5O9S. The van der Waals surface area contributed by atoms with Gasteiger partial charge in [0.15, 0.2) is 0 Å². The van der Waals surface area contributed by atoms with Gasteiger partial charge in [-0.2, -0.15) is 0 Å². The minimum Gasteiger partial charge on any atom is -0.497 e. The number of ether oxygens (including phenoxy) is 2. The lowest BCUT2D eigenvalue weighted by Crippen LogP contribution is -2.59. The standard InChI is InChI=1S/C34H42FN5O9S/c1-19-6-4-5-7-22-17-34(22,31(43)39-50(46,47)33(35)11-12-33)38-28(41)26-16-24(18-40(26)30(42)27(20(2)14-19)37-32(44)45)49-29-25-9-8-23(48-3)15-21(25)10-13-36-29/h5,7-10,13,15,19-20,22,24,26-27,37H,4,6,11-12,14,16-18H2,1-3H3,(H,38,41)(H,39,43)(H,44,45)/b7-5-/t19-,20-,22-,24-,26+,27+,34-/m1/s1. The van der Waals surface area contributed by atoms with Gasteiger partial charge in [-0.15, -0.1) is 0 Å². The number of benzene rings is 1. The van der Waals surface area contributed by atoms with Crippen LogP contribution >= 0.6 is 0 Å². The Morgan fingerprint density at radius 1 is 1.16 bits per heavy atom. The molecule has 1 aromatic carbocycles. The smallest absolute Gasteiger partial charge is 0.405 e. The molecule has 1 aromatic heterocycles. The Kier molecular flexibility index (Phi) is 9.43. The molecule has 4 amide bonds. The lowest BCUT2D eigenvalue weighted by Gasteiger charge is -2.32. The van der Waals surface area contributed by atoms with Crippen LogP contribution in [-0.2, 0) is 24.4 Å². The number of rotatable bonds is 7. The molecule has 2 aliphatic heterocycles. The molecule has 0 unspecified atom stereocenters. The summed E-state index contributed by atoms with van der Waals surface area (Å²) in [4.78, 5) is 59.6. The fraction of sp³-hybridized carbons (Fsp3) is 0.559. The number of carbonyl (C=O) groups is 4. The number of carbonyl (C=O) groups excluding carboxylic acids is 3. The maximum atomic E-state index is 14.7. The van der Waals surface area contributed by atoms with Crippen LogP contribution in [0.4, 0.5) is 9.18 Å². The third kappa shape index (κ3) is 6.94. The third-order valence-corrected chi connectivity index (χ3v) is 12.1. The monoisotopic (exact) mass is 715 g/mol. The molecule has 2 saturated carbocycles. The van der Waals surface area contributed by atoms with Gasteiger partial charge in [-0.1, -0.05) is 26.0 Å². The summed E-state index contributed by atoms with van der Waals surface area (Å²) in [6, 6.07) is 4.70. The quantitative estimate of drug-likeness (QED) is 0.310. The minimum absolute atomic E-state index is 0.0412. The largest absolute Gasteiger partial charge is 0.497 e. The van der Waals surface area contributed by atoms with E-state index >= 15 is 0 Å². The first-order chi connectivity index (χ1) is 23.7. The summed E-state index contributed by atoms with van der Waals surface area (Å²) in [5.41, 5.74) is -1.70. The molecule has 0 radical (unpaired) electrons. The van der Waals surface area contributed by atoms with Crippen LogP contribution in [0.3, 0.4) is 0 Å². The number of methoxy groups -OCH3 is 1. The number of hydrogen-bond acceptors (Lipinski definition) is 9. The van der Waals surface area contributed by atoms with Gasteiger partial charge >= 0.3 is 6.09 Å². The fourth-order valence-corrected chi connectivity index (χ4v) is 8.38. The van der Waals surface area contributed by atoms with Gasteiger partial charge in [0.1, 0.15) is 29.5 Å². The van der Waals surface area contributed by atoms with Crippen molar-refractivity contribution in [1.82, 2.24) is 25.2 Å². The Labute approximate surface area is 289 Å². The Bertz CT molecular complexity index is 1840. The van der Waals surface area contributed by atoms with Gasteiger partial charge in [-0.3, -0.25) is 14.4 Å². The molecule has 3 heterocycles. The topological polar surface area (TPSA) is 193 Å². The van der Waals surface area contributed by atoms with Crippen LogP contribution in [0, 0.1) is 17.8 Å². The number of allylic oxidation sites excluding steroid dienone is 1. The molecule has 3 fully saturated rings. The van der Waals surface area contributed by atoms with Crippen LogP contribution in [0.15, 0.2) is 42.6 Å². The van der Waals surface area contributed by atoms with Crippen molar-refractivity contribution in [3.63, 3.8) is 0 Å². The van der Waals surface area contributed by atoms with Crippen molar-refractivity contribution in [3.8, 4) is 11.6 Å². The van der Waals surface area contributed by atoms with E-state index < -0.39 is 74.4 Å².